The lowest BCUT2D eigenvalue weighted by atomic mass is 10.0. The molecule has 2 aromatic heterocycles. The van der Waals surface area contributed by atoms with Gasteiger partial charge >= 0.3 is 0 Å². The molecule has 0 radical (unpaired) electrons. The summed E-state index contributed by atoms with van der Waals surface area (Å²) in [7, 11) is 0. The molecule has 1 aliphatic rings. The van der Waals surface area contributed by atoms with Gasteiger partial charge in [-0.1, -0.05) is 42.8 Å². The van der Waals surface area contributed by atoms with E-state index >= 15 is 0 Å². The third-order valence-corrected chi connectivity index (χ3v) is 8.27. The van der Waals surface area contributed by atoms with Crippen molar-refractivity contribution in [1.29, 1.82) is 0 Å². The Bertz CT molecular complexity index is 1240. The second-order valence-corrected chi connectivity index (χ2v) is 11.5. The van der Waals surface area contributed by atoms with Gasteiger partial charge in [-0.3, -0.25) is 0 Å². The third kappa shape index (κ3) is 5.04. The topological polar surface area (TPSA) is 53.7 Å². The minimum atomic E-state index is -0.775. The number of hydrogen-bond donors (Lipinski definition) is 1. The molecule has 4 aromatic rings. The van der Waals surface area contributed by atoms with Gasteiger partial charge in [0.25, 0.3) is 0 Å². The molecule has 2 aromatic carbocycles. The lowest BCUT2D eigenvalue weighted by Crippen LogP contribution is -2.31. The molecule has 0 bridgehead atoms. The van der Waals surface area contributed by atoms with Crippen LogP contribution in [0.1, 0.15) is 38.7 Å². The Labute approximate surface area is 205 Å². The Morgan fingerprint density at radius 2 is 1.74 bits per heavy atom. The van der Waals surface area contributed by atoms with Crippen molar-refractivity contribution in [3.8, 4) is 22.3 Å². The van der Waals surface area contributed by atoms with Crippen LogP contribution in [-0.2, 0) is 17.6 Å². The largest absolute Gasteiger partial charge is 0.303 e. The molecular formula is C28H33N4OS+. The molecule has 1 fully saturated rings. The van der Waals surface area contributed by atoms with Crippen LogP contribution in [0.3, 0.4) is 0 Å². The van der Waals surface area contributed by atoms with Crippen molar-refractivity contribution < 1.29 is 4.55 Å². The lowest BCUT2D eigenvalue weighted by Gasteiger charge is -2.26. The Balaban J connectivity index is 1.33. The van der Waals surface area contributed by atoms with Crippen molar-refractivity contribution in [2.24, 2.45) is 0 Å². The number of hydrogen-bond acceptors (Lipinski definition) is 4. The predicted octanol–water partition coefficient (Wildman–Crippen LogP) is 5.95. The zero-order valence-corrected chi connectivity index (χ0v) is 20.8. The van der Waals surface area contributed by atoms with Crippen LogP contribution >= 0.6 is 0 Å². The molecule has 0 amide bonds. The summed E-state index contributed by atoms with van der Waals surface area (Å²) in [5.74, 6) is 0. The molecule has 3 heterocycles. The van der Waals surface area contributed by atoms with E-state index in [-0.39, 0.29) is 5.25 Å². The van der Waals surface area contributed by atoms with Crippen molar-refractivity contribution in [2.75, 3.05) is 19.6 Å². The van der Waals surface area contributed by atoms with Crippen LogP contribution in [0.2, 0.25) is 0 Å². The minimum Gasteiger partial charge on any atom is -0.303 e. The van der Waals surface area contributed by atoms with E-state index in [1.807, 2.05) is 49.1 Å². The van der Waals surface area contributed by atoms with E-state index in [1.165, 1.54) is 37.9 Å². The molecule has 0 saturated carbocycles. The fourth-order valence-corrected chi connectivity index (χ4v) is 5.64. The van der Waals surface area contributed by atoms with Gasteiger partial charge in [0.1, 0.15) is 0 Å². The highest BCUT2D eigenvalue weighted by Crippen LogP contribution is 2.28. The van der Waals surface area contributed by atoms with Crippen LogP contribution in [0.4, 0.5) is 0 Å². The average Bonchev–Trinajstić information content (AvgIpc) is 3.31. The van der Waals surface area contributed by atoms with Gasteiger partial charge in [0, 0.05) is 36.1 Å². The Kier molecular flexibility index (Phi) is 6.99. The molecule has 5 nitrogen and oxygen atoms in total. The summed E-state index contributed by atoms with van der Waals surface area (Å²) in [4.78, 5) is 8.29. The quantitative estimate of drug-likeness (QED) is 0.337. The van der Waals surface area contributed by atoms with Gasteiger partial charge in [0.2, 0.25) is 0 Å². The number of likely N-dealkylation sites (tertiary alicyclic amines) is 1. The molecule has 176 valence electrons. The van der Waals surface area contributed by atoms with Crippen LogP contribution in [0.25, 0.3) is 27.9 Å². The maximum Gasteiger partial charge on any atom is 0.190 e. The molecule has 1 unspecified atom stereocenters. The van der Waals surface area contributed by atoms with Gasteiger partial charge in [-0.25, -0.2) is 9.50 Å². The number of piperidine rings is 1. The predicted molar refractivity (Wildman–Crippen MR) is 141 cm³/mol. The molecule has 6 heteroatoms. The molecule has 0 aliphatic carbocycles. The minimum absolute atomic E-state index is 0.191. The van der Waals surface area contributed by atoms with E-state index in [0.29, 0.717) is 0 Å². The zero-order valence-electron chi connectivity index (χ0n) is 20.0. The van der Waals surface area contributed by atoms with Crippen LogP contribution in [0, 0.1) is 0 Å². The first-order chi connectivity index (χ1) is 16.6. The number of nitrogens with zero attached hydrogens (tertiary/aromatic N) is 4. The second kappa shape index (κ2) is 10.3. The van der Waals surface area contributed by atoms with Crippen molar-refractivity contribution in [2.45, 2.75) is 49.7 Å². The fraction of sp³-hybridized carbons (Fsp3) is 0.357. The van der Waals surface area contributed by atoms with Gasteiger partial charge in [0.05, 0.1) is 6.20 Å². The third-order valence-electron chi connectivity index (χ3n) is 6.64. The molecule has 0 spiro atoms. The van der Waals surface area contributed by atoms with Crippen molar-refractivity contribution in [3.63, 3.8) is 0 Å². The van der Waals surface area contributed by atoms with Gasteiger partial charge in [-0.15, -0.1) is 0 Å². The standard InChI is InChI=1S/C28H33N4OS/c1-21(2)34(33)26-8-6-7-24(17-26)27-19-30-32-20-25(18-29-28(27)32)23-11-9-22(10-12-23)13-16-31-14-4-3-5-15-31/h6-12,17-21,33H,3-5,13-16H2,1-2H3/q+1. The zero-order chi connectivity index (χ0) is 23.5. The summed E-state index contributed by atoms with van der Waals surface area (Å²) in [6, 6.07) is 16.9. The maximum absolute atomic E-state index is 10.5. The smallest absolute Gasteiger partial charge is 0.190 e. The summed E-state index contributed by atoms with van der Waals surface area (Å²) >= 11 is -0.775. The van der Waals surface area contributed by atoms with E-state index in [2.05, 4.69) is 46.4 Å². The fourth-order valence-electron chi connectivity index (χ4n) is 4.63. The highest BCUT2D eigenvalue weighted by atomic mass is 32.2. The average molecular weight is 474 g/mol. The van der Waals surface area contributed by atoms with Gasteiger partial charge < -0.3 is 4.90 Å². The van der Waals surface area contributed by atoms with Gasteiger partial charge in [-0.2, -0.15) is 9.65 Å². The molecule has 34 heavy (non-hydrogen) atoms. The molecule has 5 rings (SSSR count). The number of aromatic nitrogens is 3. The Morgan fingerprint density at radius 1 is 0.941 bits per heavy atom. The van der Waals surface area contributed by atoms with Crippen molar-refractivity contribution in [3.05, 3.63) is 72.7 Å². The summed E-state index contributed by atoms with van der Waals surface area (Å²) in [5, 5.41) is 4.77. The van der Waals surface area contributed by atoms with Crippen molar-refractivity contribution in [1.82, 2.24) is 19.5 Å². The number of rotatable bonds is 7. The highest BCUT2D eigenvalue weighted by molar-refractivity contribution is 7.92. The summed E-state index contributed by atoms with van der Waals surface area (Å²) < 4.78 is 12.4. The van der Waals surface area contributed by atoms with Gasteiger partial charge in [0.15, 0.2) is 27.0 Å². The van der Waals surface area contributed by atoms with Crippen LogP contribution in [-0.4, -0.2) is 48.9 Å². The normalized spacial score (nSPS) is 15.8. The Morgan fingerprint density at radius 3 is 2.50 bits per heavy atom. The summed E-state index contributed by atoms with van der Waals surface area (Å²) in [6.07, 6.45) is 11.0. The number of fused-ring (bicyclic) bond motifs is 1. The van der Waals surface area contributed by atoms with Crippen LogP contribution < -0.4 is 0 Å². The molecule has 1 saturated heterocycles. The molecule has 1 N–H and O–H groups in total. The van der Waals surface area contributed by atoms with Crippen molar-refractivity contribution >= 4 is 16.8 Å². The first kappa shape index (κ1) is 23.1. The van der Waals surface area contributed by atoms with E-state index in [9.17, 15) is 4.55 Å². The van der Waals surface area contributed by atoms with E-state index in [4.69, 9.17) is 4.98 Å². The first-order valence-electron chi connectivity index (χ1n) is 12.3. The van der Waals surface area contributed by atoms with E-state index < -0.39 is 11.2 Å². The van der Waals surface area contributed by atoms with Crippen LogP contribution in [0.5, 0.6) is 0 Å². The van der Waals surface area contributed by atoms with E-state index in [1.54, 1.807) is 0 Å². The highest BCUT2D eigenvalue weighted by Gasteiger charge is 2.25. The Hall–Kier alpha value is -2.67. The number of benzene rings is 2. The second-order valence-electron chi connectivity index (χ2n) is 9.41. The summed E-state index contributed by atoms with van der Waals surface area (Å²) in [5.41, 5.74) is 6.40. The molecule has 1 aliphatic heterocycles. The van der Waals surface area contributed by atoms with E-state index in [0.717, 1.165) is 45.8 Å². The molecular weight excluding hydrogens is 440 g/mol. The monoisotopic (exact) mass is 473 g/mol. The first-order valence-corrected chi connectivity index (χ1v) is 13.5. The SMILES string of the molecule is CC(C)[S+](O)c1cccc(-c2cnn3cc(-c4ccc(CCN5CCCCC5)cc4)cnc23)c1. The van der Waals surface area contributed by atoms with Gasteiger partial charge in [-0.05, 0) is 69.0 Å². The lowest BCUT2D eigenvalue weighted by molar-refractivity contribution is 0.231. The summed E-state index contributed by atoms with van der Waals surface area (Å²) in [6.45, 7) is 7.72. The van der Waals surface area contributed by atoms with Crippen LogP contribution in [0.15, 0.2) is 72.0 Å². The maximum atomic E-state index is 10.5. The molecule has 1 atom stereocenters.